The van der Waals surface area contributed by atoms with Crippen molar-refractivity contribution in [3.63, 3.8) is 0 Å². The molecule has 0 saturated carbocycles. The van der Waals surface area contributed by atoms with Crippen molar-refractivity contribution in [1.82, 2.24) is 19.8 Å². The highest BCUT2D eigenvalue weighted by atomic mass is 16.5. The van der Waals surface area contributed by atoms with E-state index in [-0.39, 0.29) is 18.1 Å². The number of rotatable bonds is 4. The average Bonchev–Trinajstić information content (AvgIpc) is 3.17. The van der Waals surface area contributed by atoms with Gasteiger partial charge in [0.25, 0.3) is 0 Å². The molecule has 0 radical (unpaired) electrons. The van der Waals surface area contributed by atoms with Crippen molar-refractivity contribution in [2.24, 2.45) is 0 Å². The maximum Gasteiger partial charge on any atom is 0.317 e. The SMILES string of the molecule is CC(c1ccc(-n2cnc3ccccc32)cc1)N(C)C(=O)NC1CCOCC1. The molecule has 1 atom stereocenters. The molecule has 2 heterocycles. The third-order valence-electron chi connectivity index (χ3n) is 5.56. The molecule has 28 heavy (non-hydrogen) atoms. The second kappa shape index (κ2) is 8.02. The third kappa shape index (κ3) is 3.73. The highest BCUT2D eigenvalue weighted by Crippen LogP contribution is 2.23. The Morgan fingerprint density at radius 3 is 2.64 bits per heavy atom. The summed E-state index contributed by atoms with van der Waals surface area (Å²) in [6.07, 6.45) is 3.60. The molecule has 2 amide bonds. The topological polar surface area (TPSA) is 59.4 Å². The molecule has 0 spiro atoms. The van der Waals surface area contributed by atoms with Crippen LogP contribution in [0, 0.1) is 0 Å². The molecule has 6 nitrogen and oxygen atoms in total. The summed E-state index contributed by atoms with van der Waals surface area (Å²) in [5.74, 6) is 0. The number of nitrogens with zero attached hydrogens (tertiary/aromatic N) is 3. The molecule has 1 aliphatic heterocycles. The van der Waals surface area contributed by atoms with Gasteiger partial charge in [0, 0.05) is 32.0 Å². The molecule has 2 aromatic carbocycles. The van der Waals surface area contributed by atoms with Crippen molar-refractivity contribution in [3.05, 3.63) is 60.4 Å². The van der Waals surface area contributed by atoms with Crippen molar-refractivity contribution in [2.75, 3.05) is 20.3 Å². The molecule has 1 unspecified atom stereocenters. The number of fused-ring (bicyclic) bond motifs is 1. The van der Waals surface area contributed by atoms with Crippen LogP contribution in [-0.2, 0) is 4.74 Å². The quantitative estimate of drug-likeness (QED) is 0.749. The monoisotopic (exact) mass is 378 g/mol. The molecule has 4 rings (SSSR count). The number of amides is 2. The lowest BCUT2D eigenvalue weighted by molar-refractivity contribution is 0.0779. The Bertz CT molecular complexity index is 945. The van der Waals surface area contributed by atoms with Crippen LogP contribution in [0.1, 0.15) is 31.4 Å². The fraction of sp³-hybridized carbons (Fsp3) is 0.364. The van der Waals surface area contributed by atoms with Gasteiger partial charge in [0.2, 0.25) is 0 Å². The number of para-hydroxylation sites is 2. The Morgan fingerprint density at radius 1 is 1.18 bits per heavy atom. The number of imidazole rings is 1. The fourth-order valence-electron chi connectivity index (χ4n) is 3.60. The van der Waals surface area contributed by atoms with Gasteiger partial charge in [0.05, 0.1) is 17.1 Å². The zero-order valence-corrected chi connectivity index (χ0v) is 16.3. The first kappa shape index (κ1) is 18.5. The Morgan fingerprint density at radius 2 is 1.89 bits per heavy atom. The van der Waals surface area contributed by atoms with E-state index in [1.165, 1.54) is 0 Å². The van der Waals surface area contributed by atoms with E-state index in [2.05, 4.69) is 45.2 Å². The van der Waals surface area contributed by atoms with Crippen LogP contribution in [0.15, 0.2) is 54.9 Å². The highest BCUT2D eigenvalue weighted by molar-refractivity contribution is 5.77. The number of urea groups is 1. The largest absolute Gasteiger partial charge is 0.381 e. The number of benzene rings is 2. The number of hydrogen-bond acceptors (Lipinski definition) is 3. The summed E-state index contributed by atoms with van der Waals surface area (Å²) in [7, 11) is 1.84. The molecular weight excluding hydrogens is 352 g/mol. The molecule has 1 N–H and O–H groups in total. The molecule has 1 aliphatic rings. The molecule has 6 heteroatoms. The highest BCUT2D eigenvalue weighted by Gasteiger charge is 2.22. The molecule has 1 saturated heterocycles. The van der Waals surface area contributed by atoms with Crippen molar-refractivity contribution in [1.29, 1.82) is 0 Å². The van der Waals surface area contributed by atoms with E-state index in [0.717, 1.165) is 35.1 Å². The number of aromatic nitrogens is 2. The van der Waals surface area contributed by atoms with Gasteiger partial charge in [0.15, 0.2) is 0 Å². The fourth-order valence-corrected chi connectivity index (χ4v) is 3.60. The van der Waals surface area contributed by atoms with Crippen LogP contribution >= 0.6 is 0 Å². The zero-order chi connectivity index (χ0) is 19.5. The number of nitrogens with one attached hydrogen (secondary N) is 1. The van der Waals surface area contributed by atoms with Crippen LogP contribution in [0.5, 0.6) is 0 Å². The van der Waals surface area contributed by atoms with E-state index in [1.54, 1.807) is 4.90 Å². The second-order valence-electron chi connectivity index (χ2n) is 7.32. The summed E-state index contributed by atoms with van der Waals surface area (Å²) in [5, 5.41) is 3.12. The Kier molecular flexibility index (Phi) is 5.30. The van der Waals surface area contributed by atoms with Gasteiger partial charge in [-0.1, -0.05) is 24.3 Å². The van der Waals surface area contributed by atoms with Crippen LogP contribution in [0.4, 0.5) is 4.79 Å². The lowest BCUT2D eigenvalue weighted by Gasteiger charge is -2.30. The van der Waals surface area contributed by atoms with Crippen molar-refractivity contribution >= 4 is 17.1 Å². The summed E-state index contributed by atoms with van der Waals surface area (Å²) < 4.78 is 7.43. The Labute approximate surface area is 165 Å². The average molecular weight is 378 g/mol. The van der Waals surface area contributed by atoms with E-state index in [4.69, 9.17) is 4.74 Å². The van der Waals surface area contributed by atoms with Crippen LogP contribution in [0.3, 0.4) is 0 Å². The van der Waals surface area contributed by atoms with Crippen molar-refractivity contribution in [3.8, 4) is 5.69 Å². The summed E-state index contributed by atoms with van der Waals surface area (Å²) >= 11 is 0. The first-order valence-corrected chi connectivity index (χ1v) is 9.77. The minimum Gasteiger partial charge on any atom is -0.381 e. The van der Waals surface area contributed by atoms with Crippen molar-refractivity contribution in [2.45, 2.75) is 31.8 Å². The Balaban J connectivity index is 1.46. The predicted molar refractivity (Wildman–Crippen MR) is 110 cm³/mol. The lowest BCUT2D eigenvalue weighted by Crippen LogP contribution is -2.45. The van der Waals surface area contributed by atoms with E-state index in [9.17, 15) is 4.79 Å². The standard InChI is InChI=1S/C22H26N4O2/c1-16(25(2)22(27)24-18-11-13-28-14-12-18)17-7-9-19(10-8-17)26-15-23-20-5-3-4-6-21(20)26/h3-10,15-16,18H,11-14H2,1-2H3,(H,24,27). The van der Waals surface area contributed by atoms with Crippen molar-refractivity contribution < 1.29 is 9.53 Å². The minimum absolute atomic E-state index is 0.0200. The number of carbonyl (C=O) groups is 1. The molecule has 146 valence electrons. The summed E-state index contributed by atoms with van der Waals surface area (Å²) in [6.45, 7) is 3.48. The molecule has 3 aromatic rings. The summed E-state index contributed by atoms with van der Waals surface area (Å²) in [6, 6.07) is 16.5. The smallest absolute Gasteiger partial charge is 0.317 e. The van der Waals surface area contributed by atoms with E-state index >= 15 is 0 Å². The first-order chi connectivity index (χ1) is 13.6. The molecule has 1 aromatic heterocycles. The first-order valence-electron chi connectivity index (χ1n) is 9.77. The molecule has 0 bridgehead atoms. The van der Waals surface area contributed by atoms with Crippen LogP contribution in [0.25, 0.3) is 16.7 Å². The lowest BCUT2D eigenvalue weighted by atomic mass is 10.1. The van der Waals surface area contributed by atoms with Gasteiger partial charge >= 0.3 is 6.03 Å². The Hall–Kier alpha value is -2.86. The third-order valence-corrected chi connectivity index (χ3v) is 5.56. The minimum atomic E-state index is -0.0379. The van der Waals surface area contributed by atoms with E-state index < -0.39 is 0 Å². The number of hydrogen-bond donors (Lipinski definition) is 1. The molecule has 0 aliphatic carbocycles. The van der Waals surface area contributed by atoms with Gasteiger partial charge in [-0.2, -0.15) is 0 Å². The van der Waals surface area contributed by atoms with Crippen LogP contribution < -0.4 is 5.32 Å². The summed E-state index contributed by atoms with van der Waals surface area (Å²) in [4.78, 5) is 18.8. The van der Waals surface area contributed by atoms with E-state index in [1.807, 2.05) is 38.5 Å². The van der Waals surface area contributed by atoms with Gasteiger partial charge in [0.1, 0.15) is 6.33 Å². The van der Waals surface area contributed by atoms with Gasteiger partial charge in [-0.3, -0.25) is 4.57 Å². The van der Waals surface area contributed by atoms with Crippen LogP contribution in [0.2, 0.25) is 0 Å². The second-order valence-corrected chi connectivity index (χ2v) is 7.32. The van der Waals surface area contributed by atoms with Gasteiger partial charge in [-0.15, -0.1) is 0 Å². The molecule has 1 fully saturated rings. The van der Waals surface area contributed by atoms with Crippen LogP contribution in [-0.4, -0.2) is 46.8 Å². The zero-order valence-electron chi connectivity index (χ0n) is 16.3. The normalized spacial score (nSPS) is 16.1. The molecular formula is C22H26N4O2. The van der Waals surface area contributed by atoms with Gasteiger partial charge in [-0.05, 0) is 49.6 Å². The number of ether oxygens (including phenoxy) is 1. The van der Waals surface area contributed by atoms with Gasteiger partial charge in [-0.25, -0.2) is 9.78 Å². The number of carbonyl (C=O) groups excluding carboxylic acids is 1. The maximum absolute atomic E-state index is 12.6. The van der Waals surface area contributed by atoms with Gasteiger partial charge < -0.3 is 15.0 Å². The maximum atomic E-state index is 12.6. The van der Waals surface area contributed by atoms with E-state index in [0.29, 0.717) is 13.2 Å². The predicted octanol–water partition coefficient (Wildman–Crippen LogP) is 3.91. The summed E-state index contributed by atoms with van der Waals surface area (Å²) in [5.41, 5.74) is 4.21.